The largest absolute Gasteiger partial charge is 0.481 e. The highest BCUT2D eigenvalue weighted by Gasteiger charge is 2.18. The van der Waals surface area contributed by atoms with Crippen molar-refractivity contribution in [3.8, 4) is 11.3 Å². The molecule has 4 heteroatoms. The van der Waals surface area contributed by atoms with E-state index in [2.05, 4.69) is 41.1 Å². The maximum Gasteiger partial charge on any atom is 0.307 e. The van der Waals surface area contributed by atoms with E-state index in [1.807, 2.05) is 12.1 Å². The summed E-state index contributed by atoms with van der Waals surface area (Å²) in [4.78, 5) is 17.7. The molecule has 1 aliphatic heterocycles. The van der Waals surface area contributed by atoms with Gasteiger partial charge in [0.25, 0.3) is 0 Å². The first-order chi connectivity index (χ1) is 11.6. The Kier molecular flexibility index (Phi) is 5.26. The van der Waals surface area contributed by atoms with Crippen LogP contribution in [0.5, 0.6) is 0 Å². The normalized spacial score (nSPS) is 16.7. The molecule has 0 bridgehead atoms. The van der Waals surface area contributed by atoms with Gasteiger partial charge in [-0.25, -0.2) is 0 Å². The van der Waals surface area contributed by atoms with E-state index >= 15 is 0 Å². The fourth-order valence-corrected chi connectivity index (χ4v) is 3.32. The van der Waals surface area contributed by atoms with Gasteiger partial charge in [-0.1, -0.05) is 36.8 Å². The Bertz CT molecular complexity index is 674. The van der Waals surface area contributed by atoms with Gasteiger partial charge in [-0.15, -0.1) is 0 Å². The molecule has 1 aromatic carbocycles. The molecule has 1 aromatic heterocycles. The number of pyridine rings is 1. The number of benzene rings is 1. The van der Waals surface area contributed by atoms with Crippen LogP contribution >= 0.6 is 0 Å². The minimum Gasteiger partial charge on any atom is -0.481 e. The second-order valence-corrected chi connectivity index (χ2v) is 6.52. The SMILES string of the molecule is CC(c1ccc(-c2ccc(CC(=O)O)cn2)cc1)N1CCCCC1. The van der Waals surface area contributed by atoms with E-state index in [1.165, 1.54) is 37.9 Å². The summed E-state index contributed by atoms with van der Waals surface area (Å²) in [7, 11) is 0. The van der Waals surface area contributed by atoms with Gasteiger partial charge >= 0.3 is 5.97 Å². The van der Waals surface area contributed by atoms with Crippen LogP contribution in [0.1, 0.15) is 43.4 Å². The zero-order valence-corrected chi connectivity index (χ0v) is 14.1. The predicted molar refractivity (Wildman–Crippen MR) is 94.9 cm³/mol. The summed E-state index contributed by atoms with van der Waals surface area (Å²) in [6.07, 6.45) is 5.61. The van der Waals surface area contributed by atoms with Crippen molar-refractivity contribution < 1.29 is 9.90 Å². The molecule has 1 aliphatic rings. The second kappa shape index (κ2) is 7.58. The topological polar surface area (TPSA) is 53.4 Å². The Balaban J connectivity index is 1.70. The average molecular weight is 324 g/mol. The van der Waals surface area contributed by atoms with Gasteiger partial charge in [0.1, 0.15) is 0 Å². The lowest BCUT2D eigenvalue weighted by Crippen LogP contribution is -2.32. The molecule has 0 saturated carbocycles. The van der Waals surface area contributed by atoms with Crippen LogP contribution in [0.4, 0.5) is 0 Å². The number of aliphatic carboxylic acids is 1. The lowest BCUT2D eigenvalue weighted by molar-refractivity contribution is -0.136. The monoisotopic (exact) mass is 324 g/mol. The van der Waals surface area contributed by atoms with Crippen LogP contribution in [-0.2, 0) is 11.2 Å². The molecular weight excluding hydrogens is 300 g/mol. The molecule has 1 fully saturated rings. The first-order valence-electron chi connectivity index (χ1n) is 8.64. The average Bonchev–Trinajstić information content (AvgIpc) is 2.62. The quantitative estimate of drug-likeness (QED) is 0.905. The van der Waals surface area contributed by atoms with Crippen LogP contribution in [-0.4, -0.2) is 34.0 Å². The molecule has 1 unspecified atom stereocenters. The van der Waals surface area contributed by atoms with Crippen LogP contribution < -0.4 is 0 Å². The molecule has 0 radical (unpaired) electrons. The standard InChI is InChI=1S/C20H24N2O2/c1-15(22-11-3-2-4-12-22)17-6-8-18(9-7-17)19-10-5-16(14-21-19)13-20(23)24/h5-10,14-15H,2-4,11-13H2,1H3,(H,23,24). The van der Waals surface area contributed by atoms with Gasteiger partial charge in [-0.05, 0) is 50.0 Å². The zero-order valence-electron chi connectivity index (χ0n) is 14.1. The Morgan fingerprint density at radius 3 is 2.42 bits per heavy atom. The number of carboxylic acid groups (broad SMARTS) is 1. The first kappa shape index (κ1) is 16.7. The number of aromatic nitrogens is 1. The first-order valence-corrected chi connectivity index (χ1v) is 8.64. The van der Waals surface area contributed by atoms with Crippen molar-refractivity contribution >= 4 is 5.97 Å². The molecule has 2 heterocycles. The van der Waals surface area contributed by atoms with E-state index in [1.54, 1.807) is 6.20 Å². The number of piperidine rings is 1. The third-order valence-electron chi connectivity index (χ3n) is 4.81. The van der Waals surface area contributed by atoms with Crippen molar-refractivity contribution in [2.24, 2.45) is 0 Å². The number of likely N-dealkylation sites (tertiary alicyclic amines) is 1. The zero-order chi connectivity index (χ0) is 16.9. The predicted octanol–water partition coefficient (Wildman–Crippen LogP) is 3.92. The molecule has 3 rings (SSSR count). The van der Waals surface area contributed by atoms with Crippen LogP contribution in [0.25, 0.3) is 11.3 Å². The summed E-state index contributed by atoms with van der Waals surface area (Å²) < 4.78 is 0. The number of rotatable bonds is 5. The van der Waals surface area contributed by atoms with E-state index in [9.17, 15) is 4.79 Å². The highest BCUT2D eigenvalue weighted by Crippen LogP contribution is 2.26. The Morgan fingerprint density at radius 2 is 1.83 bits per heavy atom. The molecule has 1 atom stereocenters. The number of carboxylic acids is 1. The fraction of sp³-hybridized carbons (Fsp3) is 0.400. The second-order valence-electron chi connectivity index (χ2n) is 6.52. The van der Waals surface area contributed by atoms with Crippen molar-refractivity contribution in [3.05, 3.63) is 53.7 Å². The third-order valence-corrected chi connectivity index (χ3v) is 4.81. The van der Waals surface area contributed by atoms with Crippen molar-refractivity contribution in [1.82, 2.24) is 9.88 Å². The fourth-order valence-electron chi connectivity index (χ4n) is 3.32. The Labute approximate surface area is 143 Å². The molecule has 0 aliphatic carbocycles. The van der Waals surface area contributed by atoms with Gasteiger partial charge in [0.15, 0.2) is 0 Å². The van der Waals surface area contributed by atoms with Gasteiger partial charge in [0.05, 0.1) is 12.1 Å². The molecular formula is C20H24N2O2. The highest BCUT2D eigenvalue weighted by molar-refractivity contribution is 5.70. The Hall–Kier alpha value is -2.20. The molecule has 4 nitrogen and oxygen atoms in total. The summed E-state index contributed by atoms with van der Waals surface area (Å²) in [6.45, 7) is 4.66. The van der Waals surface area contributed by atoms with Crippen LogP contribution in [0.15, 0.2) is 42.6 Å². The molecule has 126 valence electrons. The molecule has 1 N–H and O–H groups in total. The summed E-state index contributed by atoms with van der Waals surface area (Å²) >= 11 is 0. The summed E-state index contributed by atoms with van der Waals surface area (Å²) in [5.41, 5.74) is 4.00. The van der Waals surface area contributed by atoms with E-state index in [0.717, 1.165) is 16.8 Å². The van der Waals surface area contributed by atoms with Crippen LogP contribution in [0.3, 0.4) is 0 Å². The number of hydrogen-bond acceptors (Lipinski definition) is 3. The maximum atomic E-state index is 10.7. The smallest absolute Gasteiger partial charge is 0.307 e. The lowest BCUT2D eigenvalue weighted by Gasteiger charge is -2.32. The number of carbonyl (C=O) groups is 1. The minimum atomic E-state index is -0.833. The maximum absolute atomic E-state index is 10.7. The third kappa shape index (κ3) is 4.01. The summed E-state index contributed by atoms with van der Waals surface area (Å²) in [6, 6.07) is 12.7. The van der Waals surface area contributed by atoms with Crippen LogP contribution in [0, 0.1) is 0 Å². The van der Waals surface area contributed by atoms with Crippen molar-refractivity contribution in [2.45, 2.75) is 38.6 Å². The van der Waals surface area contributed by atoms with E-state index in [-0.39, 0.29) is 6.42 Å². The molecule has 2 aromatic rings. The highest BCUT2D eigenvalue weighted by atomic mass is 16.4. The minimum absolute atomic E-state index is 0.0135. The van der Waals surface area contributed by atoms with Crippen molar-refractivity contribution in [2.75, 3.05) is 13.1 Å². The van der Waals surface area contributed by atoms with Gasteiger partial charge < -0.3 is 5.11 Å². The van der Waals surface area contributed by atoms with Crippen LogP contribution in [0.2, 0.25) is 0 Å². The number of nitrogens with zero attached hydrogens (tertiary/aromatic N) is 2. The molecule has 0 amide bonds. The molecule has 1 saturated heterocycles. The van der Waals surface area contributed by atoms with E-state index in [4.69, 9.17) is 5.11 Å². The lowest BCUT2D eigenvalue weighted by atomic mass is 10.0. The van der Waals surface area contributed by atoms with Gasteiger partial charge in [-0.3, -0.25) is 14.7 Å². The van der Waals surface area contributed by atoms with E-state index in [0.29, 0.717) is 6.04 Å². The summed E-state index contributed by atoms with van der Waals surface area (Å²) in [5.74, 6) is -0.833. The van der Waals surface area contributed by atoms with Gasteiger partial charge in [0.2, 0.25) is 0 Å². The van der Waals surface area contributed by atoms with Crippen molar-refractivity contribution in [1.29, 1.82) is 0 Å². The number of hydrogen-bond donors (Lipinski definition) is 1. The van der Waals surface area contributed by atoms with Gasteiger partial charge in [0, 0.05) is 17.8 Å². The summed E-state index contributed by atoms with van der Waals surface area (Å²) in [5, 5.41) is 8.81. The molecule has 24 heavy (non-hydrogen) atoms. The van der Waals surface area contributed by atoms with Crippen molar-refractivity contribution in [3.63, 3.8) is 0 Å². The van der Waals surface area contributed by atoms with E-state index < -0.39 is 5.97 Å². The van der Waals surface area contributed by atoms with Gasteiger partial charge in [-0.2, -0.15) is 0 Å². The Morgan fingerprint density at radius 1 is 1.12 bits per heavy atom. The molecule has 0 spiro atoms.